The Bertz CT molecular complexity index is 1390. The van der Waals surface area contributed by atoms with Crippen LogP contribution in [0.25, 0.3) is 22.3 Å². The zero-order valence-electron chi connectivity index (χ0n) is 21.3. The molecule has 4 aromatic carbocycles. The molecule has 0 aliphatic carbocycles. The first kappa shape index (κ1) is 27.4. The Hall–Kier alpha value is -4.62. The van der Waals surface area contributed by atoms with E-state index in [1.54, 1.807) is 48.5 Å². The lowest BCUT2D eigenvalue weighted by molar-refractivity contribution is -0.0591. The number of esters is 2. The first-order chi connectivity index (χ1) is 19.0. The molecule has 4 aromatic rings. The number of aliphatic imine (C=N–C) groups is 1. The van der Waals surface area contributed by atoms with Gasteiger partial charge in [-0.25, -0.2) is 14.0 Å². The molecule has 0 amide bonds. The molecule has 0 saturated carbocycles. The highest BCUT2D eigenvalue weighted by Crippen LogP contribution is 2.22. The molecule has 0 unspecified atom stereocenters. The predicted molar refractivity (Wildman–Crippen MR) is 149 cm³/mol. The quantitative estimate of drug-likeness (QED) is 0.209. The Morgan fingerprint density at radius 2 is 1.18 bits per heavy atom. The van der Waals surface area contributed by atoms with Crippen molar-refractivity contribution in [3.8, 4) is 22.3 Å². The molecule has 0 bridgehead atoms. The molecule has 198 valence electrons. The summed E-state index contributed by atoms with van der Waals surface area (Å²) in [5.74, 6) is -1.52. The lowest BCUT2D eigenvalue weighted by Crippen LogP contribution is -2.43. The van der Waals surface area contributed by atoms with Crippen LogP contribution in [0.2, 0.25) is 0 Å². The van der Waals surface area contributed by atoms with E-state index in [9.17, 15) is 19.1 Å². The monoisotopic (exact) mass is 525 g/mol. The lowest BCUT2D eigenvalue weighted by Gasteiger charge is -2.24. The van der Waals surface area contributed by atoms with E-state index in [2.05, 4.69) is 4.99 Å². The fourth-order valence-electron chi connectivity index (χ4n) is 3.97. The van der Waals surface area contributed by atoms with Gasteiger partial charge < -0.3 is 14.6 Å². The van der Waals surface area contributed by atoms with E-state index in [1.165, 1.54) is 7.05 Å². The summed E-state index contributed by atoms with van der Waals surface area (Å²) in [5.41, 5.74) is 4.25. The largest absolute Gasteiger partial charge is 0.459 e. The number of aliphatic hydroxyl groups is 1. The highest BCUT2D eigenvalue weighted by atomic mass is 19.1. The molecule has 1 N–H and O–H groups in total. The standard InChI is InChI=1S/C32H28FNO5/c1-34-20-28(33)30(39-32(37)27-18-14-25(15-19-27)23-10-6-3-7-11-23)29(35)21-38-31(36)26-16-12-24(13-17-26)22-8-4-2-5-9-22/h2-20,28-30,35H,21H2,1H3/b34-20-/t28-,29-,30+/m1/s1. The van der Waals surface area contributed by atoms with Crippen molar-refractivity contribution in [3.05, 3.63) is 120 Å². The second-order valence-corrected chi connectivity index (χ2v) is 8.77. The summed E-state index contributed by atoms with van der Waals surface area (Å²) in [4.78, 5) is 28.9. The summed E-state index contributed by atoms with van der Waals surface area (Å²) in [7, 11) is 1.36. The summed E-state index contributed by atoms with van der Waals surface area (Å²) < 4.78 is 25.3. The second-order valence-electron chi connectivity index (χ2n) is 8.77. The maximum Gasteiger partial charge on any atom is 0.338 e. The highest BCUT2D eigenvalue weighted by Gasteiger charge is 2.33. The summed E-state index contributed by atoms with van der Waals surface area (Å²) in [6, 6.07) is 32.7. The van der Waals surface area contributed by atoms with Crippen molar-refractivity contribution in [2.75, 3.05) is 13.7 Å². The van der Waals surface area contributed by atoms with Gasteiger partial charge in [0.1, 0.15) is 12.7 Å². The number of rotatable bonds is 10. The number of aliphatic hydroxyl groups excluding tert-OH is 1. The molecule has 0 aromatic heterocycles. The Balaban J connectivity index is 1.39. The molecule has 0 radical (unpaired) electrons. The average Bonchev–Trinajstić information content (AvgIpc) is 2.99. The number of benzene rings is 4. The van der Waals surface area contributed by atoms with Crippen LogP contribution < -0.4 is 0 Å². The fraction of sp³-hybridized carbons (Fsp3) is 0.156. The van der Waals surface area contributed by atoms with Crippen LogP contribution in [-0.2, 0) is 9.47 Å². The van der Waals surface area contributed by atoms with Gasteiger partial charge in [0.05, 0.1) is 11.1 Å². The average molecular weight is 526 g/mol. The fourth-order valence-corrected chi connectivity index (χ4v) is 3.97. The number of carbonyl (C=O) groups is 2. The van der Waals surface area contributed by atoms with E-state index >= 15 is 0 Å². The van der Waals surface area contributed by atoms with Crippen LogP contribution in [0.1, 0.15) is 20.7 Å². The van der Waals surface area contributed by atoms with Crippen molar-refractivity contribution in [1.82, 2.24) is 0 Å². The Morgan fingerprint density at radius 3 is 1.64 bits per heavy atom. The smallest absolute Gasteiger partial charge is 0.338 e. The van der Waals surface area contributed by atoms with Crippen LogP contribution in [0, 0.1) is 0 Å². The molecule has 39 heavy (non-hydrogen) atoms. The van der Waals surface area contributed by atoms with Crippen molar-refractivity contribution in [1.29, 1.82) is 0 Å². The van der Waals surface area contributed by atoms with Crippen molar-refractivity contribution in [2.24, 2.45) is 4.99 Å². The number of nitrogens with zero attached hydrogens (tertiary/aromatic N) is 1. The number of halogens is 1. The third-order valence-corrected chi connectivity index (χ3v) is 6.07. The Labute approximate surface area is 226 Å². The molecule has 0 heterocycles. The van der Waals surface area contributed by atoms with Crippen molar-refractivity contribution >= 4 is 18.2 Å². The van der Waals surface area contributed by atoms with E-state index in [4.69, 9.17) is 9.47 Å². The van der Waals surface area contributed by atoms with Gasteiger partial charge in [-0.2, -0.15) is 0 Å². The number of hydrogen-bond donors (Lipinski definition) is 1. The minimum absolute atomic E-state index is 0.183. The van der Waals surface area contributed by atoms with Gasteiger partial charge in [-0.1, -0.05) is 84.9 Å². The van der Waals surface area contributed by atoms with Gasteiger partial charge in [-0.05, 0) is 46.5 Å². The summed E-state index contributed by atoms with van der Waals surface area (Å²) >= 11 is 0. The first-order valence-corrected chi connectivity index (χ1v) is 12.4. The summed E-state index contributed by atoms with van der Waals surface area (Å²) in [6.45, 7) is -0.581. The maximum absolute atomic E-state index is 14.8. The van der Waals surface area contributed by atoms with Crippen molar-refractivity contribution in [2.45, 2.75) is 18.4 Å². The lowest BCUT2D eigenvalue weighted by atomic mass is 10.0. The number of alkyl halides is 1. The van der Waals surface area contributed by atoms with Gasteiger partial charge in [-0.3, -0.25) is 4.99 Å². The molecule has 0 saturated heterocycles. The minimum Gasteiger partial charge on any atom is -0.459 e. The van der Waals surface area contributed by atoms with E-state index in [-0.39, 0.29) is 11.1 Å². The predicted octanol–water partition coefficient (Wildman–Crippen LogP) is 5.80. The first-order valence-electron chi connectivity index (χ1n) is 12.4. The van der Waals surface area contributed by atoms with Crippen LogP contribution in [-0.4, -0.2) is 55.3 Å². The third-order valence-electron chi connectivity index (χ3n) is 6.07. The molecule has 4 rings (SSSR count). The van der Waals surface area contributed by atoms with Gasteiger partial charge >= 0.3 is 11.9 Å². The van der Waals surface area contributed by atoms with Crippen LogP contribution in [0.5, 0.6) is 0 Å². The molecule has 0 aliphatic heterocycles. The van der Waals surface area contributed by atoms with Gasteiger partial charge in [0.25, 0.3) is 0 Å². The molecule has 3 atom stereocenters. The number of ether oxygens (including phenoxy) is 2. The van der Waals surface area contributed by atoms with Crippen LogP contribution in [0.15, 0.2) is 114 Å². The molecule has 0 fully saturated rings. The van der Waals surface area contributed by atoms with E-state index in [0.717, 1.165) is 28.5 Å². The van der Waals surface area contributed by atoms with Crippen molar-refractivity contribution in [3.63, 3.8) is 0 Å². The van der Waals surface area contributed by atoms with Gasteiger partial charge in [0, 0.05) is 13.3 Å². The number of hydrogen-bond acceptors (Lipinski definition) is 6. The zero-order chi connectivity index (χ0) is 27.6. The summed E-state index contributed by atoms with van der Waals surface area (Å²) in [6.07, 6.45) is -4.26. The number of carbonyl (C=O) groups excluding carboxylic acids is 2. The summed E-state index contributed by atoms with van der Waals surface area (Å²) in [5, 5.41) is 10.6. The van der Waals surface area contributed by atoms with Gasteiger partial charge in [-0.15, -0.1) is 0 Å². The molecular formula is C32H28FNO5. The highest BCUT2D eigenvalue weighted by molar-refractivity contribution is 5.91. The molecule has 7 heteroatoms. The molecule has 0 spiro atoms. The van der Waals surface area contributed by atoms with Crippen LogP contribution in [0.4, 0.5) is 4.39 Å². The second kappa shape index (κ2) is 13.3. The Morgan fingerprint density at radius 1 is 0.744 bits per heavy atom. The van der Waals surface area contributed by atoms with Crippen LogP contribution >= 0.6 is 0 Å². The van der Waals surface area contributed by atoms with E-state index in [1.807, 2.05) is 60.7 Å². The normalized spacial score (nSPS) is 13.4. The molecule has 6 nitrogen and oxygen atoms in total. The van der Waals surface area contributed by atoms with Gasteiger partial charge in [0.2, 0.25) is 0 Å². The Kier molecular flexibility index (Phi) is 9.32. The molecule has 0 aliphatic rings. The van der Waals surface area contributed by atoms with Crippen molar-refractivity contribution < 1.29 is 28.6 Å². The molecular weight excluding hydrogens is 497 g/mol. The zero-order valence-corrected chi connectivity index (χ0v) is 21.3. The van der Waals surface area contributed by atoms with Crippen LogP contribution in [0.3, 0.4) is 0 Å². The SMILES string of the molecule is C/N=C\[C@@H](F)[C@H](OC(=O)c1ccc(-c2ccccc2)cc1)[C@H](O)COC(=O)c1ccc(-c2ccccc2)cc1. The minimum atomic E-state index is -1.92. The van der Waals surface area contributed by atoms with Gasteiger partial charge in [0.15, 0.2) is 12.3 Å². The van der Waals surface area contributed by atoms with E-state index in [0.29, 0.717) is 0 Å². The van der Waals surface area contributed by atoms with E-state index < -0.39 is 36.9 Å². The third kappa shape index (κ3) is 7.24. The maximum atomic E-state index is 14.8. The topological polar surface area (TPSA) is 85.2 Å².